The van der Waals surface area contributed by atoms with Gasteiger partial charge in [-0.2, -0.15) is 0 Å². The van der Waals surface area contributed by atoms with E-state index < -0.39 is 34.6 Å². The molecule has 4 rings (SSSR count). The second-order valence-corrected chi connectivity index (χ2v) is 12.1. The van der Waals surface area contributed by atoms with Crippen molar-refractivity contribution in [2.45, 2.75) is 88.7 Å². The van der Waals surface area contributed by atoms with E-state index in [-0.39, 0.29) is 30.0 Å². The van der Waals surface area contributed by atoms with E-state index in [2.05, 4.69) is 20.4 Å². The van der Waals surface area contributed by atoms with Gasteiger partial charge in [0, 0.05) is 43.4 Å². The van der Waals surface area contributed by atoms with Crippen LogP contribution >= 0.6 is 0 Å². The molecule has 1 saturated heterocycles. The Labute approximate surface area is 197 Å². The molecule has 3 aliphatic rings. The number of aliphatic hydroxyl groups is 1. The summed E-state index contributed by atoms with van der Waals surface area (Å²) in [6.45, 7) is 6.99. The Balaban J connectivity index is 1.37. The molecule has 0 spiro atoms. The maximum absolute atomic E-state index is 13.7. The highest BCUT2D eigenvalue weighted by Gasteiger charge is 2.45. The summed E-state index contributed by atoms with van der Waals surface area (Å²) in [7, 11) is -0.985. The standard InChI is InChI=1S/C22H36N6O4S/c1-22(2,3)19(28-13-17(25-26-28)14-5-6-14)21(31)27-12-15(29)11-18(27)20(30)23-9-4-10-24-33(32)16-7-8-16/h13-16,18-19,24,29H,4-12H2,1-3H3,(H,23,30)/t15-,18+,19-,33?/m1/s1. The number of nitrogens with zero attached hydrogens (tertiary/aromatic N) is 4. The molecule has 0 radical (unpaired) electrons. The zero-order valence-electron chi connectivity index (χ0n) is 19.7. The molecule has 33 heavy (non-hydrogen) atoms. The predicted molar refractivity (Wildman–Crippen MR) is 123 cm³/mol. The van der Waals surface area contributed by atoms with Crippen LogP contribution in [0.2, 0.25) is 0 Å². The first-order valence-electron chi connectivity index (χ1n) is 12.0. The van der Waals surface area contributed by atoms with Crippen molar-refractivity contribution in [1.29, 1.82) is 0 Å². The third kappa shape index (κ3) is 5.99. The molecule has 3 fully saturated rings. The van der Waals surface area contributed by atoms with Crippen LogP contribution < -0.4 is 10.0 Å². The van der Waals surface area contributed by atoms with Gasteiger partial charge in [-0.3, -0.25) is 9.59 Å². The molecule has 4 atom stereocenters. The number of nitrogens with one attached hydrogen (secondary N) is 2. The quantitative estimate of drug-likeness (QED) is 0.421. The topological polar surface area (TPSA) is 129 Å². The number of aromatic nitrogens is 3. The van der Waals surface area contributed by atoms with Crippen molar-refractivity contribution in [1.82, 2.24) is 29.9 Å². The first-order chi connectivity index (χ1) is 15.6. The smallest absolute Gasteiger partial charge is 0.248 e. The van der Waals surface area contributed by atoms with Crippen LogP contribution in [0.4, 0.5) is 0 Å². The summed E-state index contributed by atoms with van der Waals surface area (Å²) in [4.78, 5) is 28.1. The fourth-order valence-electron chi connectivity index (χ4n) is 4.32. The lowest BCUT2D eigenvalue weighted by Crippen LogP contribution is -2.50. The molecule has 1 aromatic rings. The minimum atomic E-state index is -0.985. The van der Waals surface area contributed by atoms with Crippen LogP contribution in [-0.2, 0) is 20.6 Å². The van der Waals surface area contributed by atoms with Gasteiger partial charge in [0.1, 0.15) is 12.1 Å². The van der Waals surface area contributed by atoms with Crippen molar-refractivity contribution < 1.29 is 18.9 Å². The van der Waals surface area contributed by atoms with E-state index in [1.807, 2.05) is 27.0 Å². The van der Waals surface area contributed by atoms with Crippen LogP contribution in [0.25, 0.3) is 0 Å². The van der Waals surface area contributed by atoms with Crippen molar-refractivity contribution in [3.05, 3.63) is 11.9 Å². The third-order valence-corrected chi connectivity index (χ3v) is 8.00. The van der Waals surface area contributed by atoms with Gasteiger partial charge in [-0.15, -0.1) is 5.10 Å². The van der Waals surface area contributed by atoms with Gasteiger partial charge in [-0.05, 0) is 37.5 Å². The van der Waals surface area contributed by atoms with Crippen molar-refractivity contribution in [3.63, 3.8) is 0 Å². The lowest BCUT2D eigenvalue weighted by atomic mass is 9.85. The summed E-state index contributed by atoms with van der Waals surface area (Å²) in [6, 6.07) is -1.35. The molecule has 1 aliphatic heterocycles. The van der Waals surface area contributed by atoms with Gasteiger partial charge in [-0.1, -0.05) is 26.0 Å². The van der Waals surface area contributed by atoms with Crippen molar-refractivity contribution >= 4 is 22.8 Å². The van der Waals surface area contributed by atoms with Gasteiger partial charge < -0.3 is 15.3 Å². The number of carbonyl (C=O) groups excluding carboxylic acids is 2. The number of rotatable bonds is 10. The number of likely N-dealkylation sites (tertiary alicyclic amines) is 1. The second kappa shape index (κ2) is 9.79. The molecule has 2 amide bonds. The minimum absolute atomic E-state index is 0.121. The molecule has 2 saturated carbocycles. The molecule has 184 valence electrons. The fourth-order valence-corrected chi connectivity index (χ4v) is 5.46. The molecule has 11 heteroatoms. The molecule has 2 aliphatic carbocycles. The molecule has 0 bridgehead atoms. The average Bonchev–Trinajstić information content (AvgIpc) is 3.67. The van der Waals surface area contributed by atoms with Gasteiger partial charge in [0.05, 0.1) is 22.8 Å². The Morgan fingerprint density at radius 3 is 2.61 bits per heavy atom. The van der Waals surface area contributed by atoms with E-state index in [0.717, 1.165) is 31.4 Å². The van der Waals surface area contributed by atoms with E-state index in [1.165, 1.54) is 4.90 Å². The van der Waals surface area contributed by atoms with Gasteiger partial charge in [0.15, 0.2) is 0 Å². The fraction of sp³-hybridized carbons (Fsp3) is 0.818. The summed E-state index contributed by atoms with van der Waals surface area (Å²) in [6.07, 6.45) is 6.17. The molecule has 1 unspecified atom stereocenters. The van der Waals surface area contributed by atoms with E-state index in [1.54, 1.807) is 4.68 Å². The number of carbonyl (C=O) groups is 2. The van der Waals surface area contributed by atoms with Gasteiger partial charge >= 0.3 is 0 Å². The molecular weight excluding hydrogens is 444 g/mol. The Bertz CT molecular complexity index is 892. The van der Waals surface area contributed by atoms with Crippen molar-refractivity contribution in [3.8, 4) is 0 Å². The van der Waals surface area contributed by atoms with Crippen LogP contribution in [0.5, 0.6) is 0 Å². The number of hydrogen-bond donors (Lipinski definition) is 3. The van der Waals surface area contributed by atoms with Gasteiger partial charge in [-0.25, -0.2) is 13.6 Å². The number of amides is 2. The lowest BCUT2D eigenvalue weighted by molar-refractivity contribution is -0.144. The third-order valence-electron chi connectivity index (χ3n) is 6.43. The van der Waals surface area contributed by atoms with Crippen molar-refractivity contribution in [2.75, 3.05) is 19.6 Å². The highest BCUT2D eigenvalue weighted by Crippen LogP contribution is 2.40. The minimum Gasteiger partial charge on any atom is -0.391 e. The Morgan fingerprint density at radius 2 is 1.97 bits per heavy atom. The van der Waals surface area contributed by atoms with Crippen LogP contribution in [0.1, 0.15) is 76.9 Å². The maximum atomic E-state index is 13.7. The zero-order chi connectivity index (χ0) is 23.8. The van der Waals surface area contributed by atoms with E-state index in [4.69, 9.17) is 0 Å². The number of aliphatic hydroxyl groups excluding tert-OH is 1. The van der Waals surface area contributed by atoms with Gasteiger partial charge in [0.25, 0.3) is 0 Å². The summed E-state index contributed by atoms with van der Waals surface area (Å²) < 4.78 is 16.4. The summed E-state index contributed by atoms with van der Waals surface area (Å²) in [5.74, 6) is -0.0705. The van der Waals surface area contributed by atoms with E-state index in [0.29, 0.717) is 25.4 Å². The summed E-state index contributed by atoms with van der Waals surface area (Å²) >= 11 is 0. The van der Waals surface area contributed by atoms with Gasteiger partial charge in [0.2, 0.25) is 11.8 Å². The van der Waals surface area contributed by atoms with Crippen LogP contribution in [0.3, 0.4) is 0 Å². The normalized spacial score (nSPS) is 25.2. The molecule has 2 heterocycles. The number of hydrogen-bond acceptors (Lipinski definition) is 6. The Kier molecular flexibility index (Phi) is 7.20. The largest absolute Gasteiger partial charge is 0.391 e. The SMILES string of the molecule is CC(C)(C)[C@@H](C(=O)N1C[C@H](O)C[C@H]1C(=O)NCCCNS(=O)C1CC1)n1cc(C2CC2)nn1. The Hall–Kier alpha value is -1.85. The van der Waals surface area contributed by atoms with Crippen LogP contribution in [0, 0.1) is 5.41 Å². The molecular formula is C22H36N6O4S. The maximum Gasteiger partial charge on any atom is 0.248 e. The van der Waals surface area contributed by atoms with Crippen LogP contribution in [0.15, 0.2) is 6.20 Å². The predicted octanol–water partition coefficient (Wildman–Crippen LogP) is 0.627. The van der Waals surface area contributed by atoms with Crippen LogP contribution in [-0.4, -0.2) is 78.1 Å². The lowest BCUT2D eigenvalue weighted by Gasteiger charge is -2.34. The first-order valence-corrected chi connectivity index (χ1v) is 13.2. The first kappa shape index (κ1) is 24.3. The van der Waals surface area contributed by atoms with E-state index in [9.17, 15) is 18.9 Å². The second-order valence-electron chi connectivity index (χ2n) is 10.6. The molecule has 3 N–H and O–H groups in total. The Morgan fingerprint density at radius 1 is 1.24 bits per heavy atom. The van der Waals surface area contributed by atoms with E-state index >= 15 is 0 Å². The van der Waals surface area contributed by atoms with Crippen molar-refractivity contribution in [2.24, 2.45) is 5.41 Å². The summed E-state index contributed by atoms with van der Waals surface area (Å²) in [5.41, 5.74) is 0.451. The molecule has 0 aromatic carbocycles. The zero-order valence-corrected chi connectivity index (χ0v) is 20.5. The highest BCUT2D eigenvalue weighted by molar-refractivity contribution is 7.84. The summed E-state index contributed by atoms with van der Waals surface area (Å²) in [5, 5.41) is 22.0. The molecule has 1 aromatic heterocycles. The monoisotopic (exact) mass is 480 g/mol. The average molecular weight is 481 g/mol. The number of β-amino-alcohol motifs (C(OH)–C–C–N with tert-alkyl or cyclic N) is 1. The molecule has 10 nitrogen and oxygen atoms in total. The highest BCUT2D eigenvalue weighted by atomic mass is 32.2.